The summed E-state index contributed by atoms with van der Waals surface area (Å²) in [5, 5.41) is 1.92. The lowest BCUT2D eigenvalue weighted by Gasteiger charge is -2.14. The van der Waals surface area contributed by atoms with Crippen molar-refractivity contribution in [1.82, 2.24) is 9.13 Å². The molecule has 48 heavy (non-hydrogen) atoms. The minimum atomic E-state index is -0.0562. The van der Waals surface area contributed by atoms with Crippen LogP contribution in [-0.2, 0) is 6.42 Å². The van der Waals surface area contributed by atoms with Crippen molar-refractivity contribution in [2.45, 2.75) is 32.1 Å². The van der Waals surface area contributed by atoms with Gasteiger partial charge in [-0.2, -0.15) is 0 Å². The number of carbonyl (C=O) groups excluding carboxylic acids is 1. The normalized spacial score (nSPS) is 12.4. The molecule has 2 aromatic heterocycles. The lowest BCUT2D eigenvalue weighted by atomic mass is 9.93. The molecule has 6 nitrogen and oxygen atoms in total. The number of benzene rings is 5. The Morgan fingerprint density at radius 3 is 1.77 bits per heavy atom. The van der Waals surface area contributed by atoms with E-state index in [1.165, 1.54) is 18.4 Å². The number of aromatic nitrogens is 2. The van der Waals surface area contributed by atoms with Gasteiger partial charge in [-0.25, -0.2) is 0 Å². The van der Waals surface area contributed by atoms with E-state index in [4.69, 9.17) is 5.73 Å². The monoisotopic (exact) mass is 629 g/mol. The zero-order chi connectivity index (χ0) is 33.2. The molecule has 0 atom stereocenters. The van der Waals surface area contributed by atoms with Gasteiger partial charge in [-0.05, 0) is 109 Å². The van der Waals surface area contributed by atoms with Crippen LogP contribution in [0.15, 0.2) is 149 Å². The summed E-state index contributed by atoms with van der Waals surface area (Å²) >= 11 is 0. The first-order valence-corrected chi connectivity index (χ1v) is 16.2. The number of hydrogen-bond donors (Lipinski definition) is 1. The van der Waals surface area contributed by atoms with Crippen LogP contribution in [0.2, 0.25) is 0 Å². The number of anilines is 1. The van der Waals surface area contributed by atoms with E-state index in [2.05, 4.69) is 24.3 Å². The van der Waals surface area contributed by atoms with Gasteiger partial charge in [-0.1, -0.05) is 66.7 Å². The number of ketones is 1. The fraction of sp³-hybridized carbons (Fsp3) is 0.119. The van der Waals surface area contributed by atoms with Gasteiger partial charge in [0.1, 0.15) is 0 Å². The minimum absolute atomic E-state index is 0.0518. The van der Waals surface area contributed by atoms with Crippen molar-refractivity contribution in [3.8, 4) is 11.4 Å². The first kappa shape index (κ1) is 30.6. The van der Waals surface area contributed by atoms with Crippen LogP contribution < -0.4 is 16.9 Å². The van der Waals surface area contributed by atoms with Gasteiger partial charge in [0.05, 0.1) is 11.0 Å². The molecule has 8 rings (SSSR count). The number of hydrogen-bond acceptors (Lipinski definition) is 4. The van der Waals surface area contributed by atoms with Gasteiger partial charge in [0.25, 0.3) is 11.1 Å². The maximum atomic E-state index is 12.7. The topological polar surface area (TPSA) is 87.1 Å². The molecule has 1 aliphatic rings. The van der Waals surface area contributed by atoms with E-state index in [9.17, 15) is 14.4 Å². The third kappa shape index (κ3) is 6.08. The predicted molar refractivity (Wildman–Crippen MR) is 195 cm³/mol. The number of Topliss-reactive ketones (excluding diaryl/α,β-unsaturated/α-hetero) is 1. The van der Waals surface area contributed by atoms with E-state index < -0.39 is 0 Å². The standard InChI is InChI=1S/C27H23NO2.C15H12N2O/c1-18(29)25-17-20(19-10-11-19)12-13-22(25)16-21-6-5-9-26-24(21)14-15-27(30)28(26)23-7-3-2-4-8-23;16-13-7-4-8-14-12(13)9-10-15(18)17(14)11-5-2-1-3-6-11/h2-9,12-15,17,19H,10-11,16H2,1H3;1-10H,16H2. The van der Waals surface area contributed by atoms with Gasteiger partial charge in [0.2, 0.25) is 0 Å². The number of nitrogens with two attached hydrogens (primary N) is 1. The molecule has 236 valence electrons. The van der Waals surface area contributed by atoms with Crippen LogP contribution in [0.1, 0.15) is 52.7 Å². The molecule has 0 aliphatic heterocycles. The Labute approximate surface area is 278 Å². The van der Waals surface area contributed by atoms with E-state index in [0.29, 0.717) is 18.0 Å². The Morgan fingerprint density at radius 1 is 0.625 bits per heavy atom. The smallest absolute Gasteiger partial charge is 0.255 e. The minimum Gasteiger partial charge on any atom is -0.398 e. The average molecular weight is 630 g/mol. The highest BCUT2D eigenvalue weighted by molar-refractivity contribution is 5.96. The summed E-state index contributed by atoms with van der Waals surface area (Å²) in [5.74, 6) is 0.726. The molecule has 1 fully saturated rings. The van der Waals surface area contributed by atoms with Gasteiger partial charge < -0.3 is 5.73 Å². The molecule has 2 heterocycles. The molecule has 1 saturated carbocycles. The van der Waals surface area contributed by atoms with Crippen molar-refractivity contribution < 1.29 is 4.79 Å². The molecule has 6 heteroatoms. The fourth-order valence-corrected chi connectivity index (χ4v) is 6.42. The maximum Gasteiger partial charge on any atom is 0.255 e. The molecular weight excluding hydrogens is 594 g/mol. The molecule has 0 bridgehead atoms. The van der Waals surface area contributed by atoms with Crippen molar-refractivity contribution >= 4 is 33.3 Å². The van der Waals surface area contributed by atoms with E-state index in [0.717, 1.165) is 49.9 Å². The number of nitrogen functional groups attached to an aromatic ring is 1. The second-order valence-corrected chi connectivity index (χ2v) is 12.2. The van der Waals surface area contributed by atoms with Gasteiger partial charge in [-0.15, -0.1) is 0 Å². The van der Waals surface area contributed by atoms with E-state index in [1.54, 1.807) is 34.3 Å². The Bertz CT molecular complexity index is 2410. The van der Waals surface area contributed by atoms with E-state index in [-0.39, 0.29) is 16.9 Å². The number of nitrogens with zero attached hydrogens (tertiary/aromatic N) is 2. The van der Waals surface area contributed by atoms with Gasteiger partial charge in [0, 0.05) is 45.5 Å². The van der Waals surface area contributed by atoms with Crippen molar-refractivity contribution in [2.24, 2.45) is 0 Å². The first-order chi connectivity index (χ1) is 23.4. The van der Waals surface area contributed by atoms with Crippen molar-refractivity contribution in [1.29, 1.82) is 0 Å². The third-order valence-electron chi connectivity index (χ3n) is 8.97. The molecule has 5 aromatic carbocycles. The van der Waals surface area contributed by atoms with Crippen LogP contribution in [0.5, 0.6) is 0 Å². The van der Waals surface area contributed by atoms with Crippen molar-refractivity contribution in [3.05, 3.63) is 182 Å². The zero-order valence-electron chi connectivity index (χ0n) is 26.7. The molecule has 7 aromatic rings. The van der Waals surface area contributed by atoms with Crippen molar-refractivity contribution in [3.63, 3.8) is 0 Å². The molecule has 0 amide bonds. The summed E-state index contributed by atoms with van der Waals surface area (Å²) in [4.78, 5) is 37.1. The summed E-state index contributed by atoms with van der Waals surface area (Å²) in [5.41, 5.74) is 14.2. The lowest BCUT2D eigenvalue weighted by molar-refractivity contribution is 0.101. The Hall–Kier alpha value is -6.01. The quantitative estimate of drug-likeness (QED) is 0.148. The number of carbonyl (C=O) groups is 1. The highest BCUT2D eigenvalue weighted by Crippen LogP contribution is 2.41. The van der Waals surface area contributed by atoms with Crippen LogP contribution in [0.4, 0.5) is 5.69 Å². The Kier molecular flexibility index (Phi) is 8.30. The first-order valence-electron chi connectivity index (χ1n) is 16.2. The molecule has 0 unspecified atom stereocenters. The van der Waals surface area contributed by atoms with Crippen LogP contribution >= 0.6 is 0 Å². The highest BCUT2D eigenvalue weighted by atomic mass is 16.1. The summed E-state index contributed by atoms with van der Waals surface area (Å²) in [6.45, 7) is 1.64. The number of fused-ring (bicyclic) bond motifs is 2. The summed E-state index contributed by atoms with van der Waals surface area (Å²) in [6, 6.07) is 44.1. The number of para-hydroxylation sites is 2. The Balaban J connectivity index is 0.000000172. The second kappa shape index (κ2) is 13.0. The molecular formula is C42H35N3O3. The average Bonchev–Trinajstić information content (AvgIpc) is 3.95. The summed E-state index contributed by atoms with van der Waals surface area (Å²) in [6.07, 6.45) is 3.10. The van der Waals surface area contributed by atoms with Gasteiger partial charge in [-0.3, -0.25) is 23.5 Å². The number of rotatable bonds is 6. The summed E-state index contributed by atoms with van der Waals surface area (Å²) in [7, 11) is 0. The summed E-state index contributed by atoms with van der Waals surface area (Å²) < 4.78 is 3.42. The molecule has 0 saturated heterocycles. The van der Waals surface area contributed by atoms with Gasteiger partial charge >= 0.3 is 0 Å². The van der Waals surface area contributed by atoms with Crippen molar-refractivity contribution in [2.75, 3.05) is 5.73 Å². The van der Waals surface area contributed by atoms with Crippen LogP contribution in [0.3, 0.4) is 0 Å². The zero-order valence-corrected chi connectivity index (χ0v) is 26.7. The number of pyridine rings is 2. The lowest BCUT2D eigenvalue weighted by Crippen LogP contribution is -2.17. The SMILES string of the molecule is CC(=O)c1cc(C2CC2)ccc1Cc1cccc2c1ccc(=O)n2-c1ccccc1.Nc1cccc2c1ccc(=O)n2-c1ccccc1. The van der Waals surface area contributed by atoms with E-state index >= 15 is 0 Å². The molecule has 0 radical (unpaired) electrons. The van der Waals surface area contributed by atoms with Crippen LogP contribution in [0, 0.1) is 0 Å². The predicted octanol–water partition coefficient (Wildman–Crippen LogP) is 8.23. The third-order valence-corrected chi connectivity index (χ3v) is 8.97. The van der Waals surface area contributed by atoms with Crippen LogP contribution in [0.25, 0.3) is 33.2 Å². The largest absolute Gasteiger partial charge is 0.398 e. The van der Waals surface area contributed by atoms with E-state index in [1.807, 2.05) is 97.1 Å². The highest BCUT2D eigenvalue weighted by Gasteiger charge is 2.24. The molecule has 0 spiro atoms. The fourth-order valence-electron chi connectivity index (χ4n) is 6.42. The van der Waals surface area contributed by atoms with Crippen LogP contribution in [-0.4, -0.2) is 14.9 Å². The second-order valence-electron chi connectivity index (χ2n) is 12.2. The van der Waals surface area contributed by atoms with Gasteiger partial charge in [0.15, 0.2) is 5.78 Å². The maximum absolute atomic E-state index is 12.7. The molecule has 1 aliphatic carbocycles. The molecule has 2 N–H and O–H groups in total. The Morgan fingerprint density at radius 2 is 1.19 bits per heavy atom.